The van der Waals surface area contributed by atoms with Gasteiger partial charge in [0.25, 0.3) is 0 Å². The first-order chi connectivity index (χ1) is 5.83. The summed E-state index contributed by atoms with van der Waals surface area (Å²) in [5.74, 6) is 0. The predicted molar refractivity (Wildman–Crippen MR) is 49.9 cm³/mol. The highest BCUT2D eigenvalue weighted by atomic mass is 15.3. The maximum absolute atomic E-state index is 4.09. The van der Waals surface area contributed by atoms with Crippen LogP contribution in [0.1, 0.15) is 6.92 Å². The highest BCUT2D eigenvalue weighted by Gasteiger charge is 1.93. The lowest BCUT2D eigenvalue weighted by atomic mass is 10.3. The summed E-state index contributed by atoms with van der Waals surface area (Å²) in [6.07, 6.45) is 5.64. The Hall–Kier alpha value is -1.09. The van der Waals surface area contributed by atoms with E-state index in [1.165, 1.54) is 0 Å². The summed E-state index contributed by atoms with van der Waals surface area (Å²) in [7, 11) is 0. The maximum Gasteiger partial charge on any atom is 0.0534 e. The molecular formula is C9H15N3. The third-order valence-corrected chi connectivity index (χ3v) is 1.72. The number of nitrogens with zero attached hydrogens (tertiary/aromatic N) is 2. The first-order valence-corrected chi connectivity index (χ1v) is 4.16. The minimum absolute atomic E-state index is 0.376. The van der Waals surface area contributed by atoms with E-state index in [-0.39, 0.29) is 0 Å². The predicted octanol–water partition coefficient (Wildman–Crippen LogP) is 1.05. The number of aromatic nitrogens is 2. The third kappa shape index (κ3) is 2.88. The van der Waals surface area contributed by atoms with Crippen LogP contribution in [0, 0.1) is 0 Å². The molecule has 0 spiro atoms. The van der Waals surface area contributed by atoms with E-state index in [9.17, 15) is 0 Å². The Bertz CT molecular complexity index is 216. The standard InChI is InChI=1S/C9H15N3/c1-3-9(2)10-6-8-12-7-4-5-11-12/h3-5,7,9-10H,1,6,8H2,2H3. The molecule has 0 bridgehead atoms. The number of hydrogen-bond donors (Lipinski definition) is 1. The van der Waals surface area contributed by atoms with E-state index in [0.717, 1.165) is 13.1 Å². The first kappa shape index (κ1) is 9.00. The van der Waals surface area contributed by atoms with Crippen LogP contribution in [-0.2, 0) is 6.54 Å². The van der Waals surface area contributed by atoms with Gasteiger partial charge >= 0.3 is 0 Å². The van der Waals surface area contributed by atoms with Gasteiger partial charge in [-0.25, -0.2) is 0 Å². The van der Waals surface area contributed by atoms with Crippen molar-refractivity contribution in [1.82, 2.24) is 15.1 Å². The Balaban J connectivity index is 2.15. The van der Waals surface area contributed by atoms with Gasteiger partial charge in [0.2, 0.25) is 0 Å². The van der Waals surface area contributed by atoms with Crippen LogP contribution in [0.5, 0.6) is 0 Å². The van der Waals surface area contributed by atoms with Crippen molar-refractivity contribution in [2.24, 2.45) is 0 Å². The maximum atomic E-state index is 4.09. The van der Waals surface area contributed by atoms with E-state index in [4.69, 9.17) is 0 Å². The van der Waals surface area contributed by atoms with Crippen molar-refractivity contribution in [3.8, 4) is 0 Å². The van der Waals surface area contributed by atoms with Gasteiger partial charge in [0.05, 0.1) is 6.54 Å². The molecule has 1 aromatic heterocycles. The zero-order valence-corrected chi connectivity index (χ0v) is 7.40. The van der Waals surface area contributed by atoms with Gasteiger partial charge in [-0.15, -0.1) is 6.58 Å². The van der Waals surface area contributed by atoms with Crippen LogP contribution < -0.4 is 5.32 Å². The van der Waals surface area contributed by atoms with Gasteiger partial charge in [0, 0.05) is 25.0 Å². The molecule has 1 rings (SSSR count). The van der Waals surface area contributed by atoms with Gasteiger partial charge in [-0.3, -0.25) is 4.68 Å². The second-order valence-electron chi connectivity index (χ2n) is 2.75. The number of nitrogens with one attached hydrogen (secondary N) is 1. The van der Waals surface area contributed by atoms with Crippen LogP contribution >= 0.6 is 0 Å². The Morgan fingerprint density at radius 3 is 3.17 bits per heavy atom. The molecule has 0 aliphatic rings. The van der Waals surface area contributed by atoms with E-state index in [1.54, 1.807) is 6.20 Å². The average molecular weight is 165 g/mol. The normalized spacial score (nSPS) is 12.8. The zero-order chi connectivity index (χ0) is 8.81. The largest absolute Gasteiger partial charge is 0.309 e. The molecule has 0 saturated carbocycles. The average Bonchev–Trinajstić information content (AvgIpc) is 2.57. The smallest absolute Gasteiger partial charge is 0.0534 e. The van der Waals surface area contributed by atoms with E-state index in [2.05, 4.69) is 23.9 Å². The first-order valence-electron chi connectivity index (χ1n) is 4.16. The number of rotatable bonds is 5. The minimum atomic E-state index is 0.376. The van der Waals surface area contributed by atoms with Gasteiger partial charge in [0.1, 0.15) is 0 Å². The van der Waals surface area contributed by atoms with E-state index < -0.39 is 0 Å². The molecule has 12 heavy (non-hydrogen) atoms. The summed E-state index contributed by atoms with van der Waals surface area (Å²) in [5.41, 5.74) is 0. The SMILES string of the molecule is C=CC(C)NCCn1cccn1. The summed E-state index contributed by atoms with van der Waals surface area (Å²) in [6, 6.07) is 2.30. The monoisotopic (exact) mass is 165 g/mol. The lowest BCUT2D eigenvalue weighted by molar-refractivity contribution is 0.535. The van der Waals surface area contributed by atoms with Gasteiger partial charge in [-0.1, -0.05) is 6.08 Å². The highest BCUT2D eigenvalue weighted by Crippen LogP contribution is 1.84. The van der Waals surface area contributed by atoms with Gasteiger partial charge < -0.3 is 5.32 Å². The van der Waals surface area contributed by atoms with Crippen molar-refractivity contribution in [3.05, 3.63) is 31.1 Å². The molecule has 0 saturated heterocycles. The van der Waals surface area contributed by atoms with Crippen LogP contribution in [0.15, 0.2) is 31.1 Å². The summed E-state index contributed by atoms with van der Waals surface area (Å²) >= 11 is 0. The van der Waals surface area contributed by atoms with E-state index >= 15 is 0 Å². The topological polar surface area (TPSA) is 29.9 Å². The molecule has 0 aliphatic carbocycles. The fraction of sp³-hybridized carbons (Fsp3) is 0.444. The van der Waals surface area contributed by atoms with Crippen molar-refractivity contribution in [2.45, 2.75) is 19.5 Å². The molecule has 1 heterocycles. The summed E-state index contributed by atoms with van der Waals surface area (Å²) in [5, 5.41) is 7.38. The van der Waals surface area contributed by atoms with Gasteiger partial charge in [-0.05, 0) is 13.0 Å². The molecular weight excluding hydrogens is 150 g/mol. The Morgan fingerprint density at radius 2 is 2.58 bits per heavy atom. The lowest BCUT2D eigenvalue weighted by Crippen LogP contribution is -2.27. The van der Waals surface area contributed by atoms with Gasteiger partial charge in [0.15, 0.2) is 0 Å². The fourth-order valence-corrected chi connectivity index (χ4v) is 0.923. The molecule has 1 atom stereocenters. The molecule has 66 valence electrons. The second kappa shape index (κ2) is 4.72. The van der Waals surface area contributed by atoms with Crippen LogP contribution in [-0.4, -0.2) is 22.4 Å². The molecule has 1 N–H and O–H groups in total. The van der Waals surface area contributed by atoms with Crippen LogP contribution in [0.4, 0.5) is 0 Å². The molecule has 0 aliphatic heterocycles. The third-order valence-electron chi connectivity index (χ3n) is 1.72. The summed E-state index contributed by atoms with van der Waals surface area (Å²) in [4.78, 5) is 0. The van der Waals surface area contributed by atoms with Gasteiger partial charge in [-0.2, -0.15) is 5.10 Å². The Labute approximate surface area is 73.1 Å². The highest BCUT2D eigenvalue weighted by molar-refractivity contribution is 4.82. The molecule has 1 aromatic rings. The molecule has 1 unspecified atom stereocenters. The van der Waals surface area contributed by atoms with Crippen molar-refractivity contribution >= 4 is 0 Å². The molecule has 3 nitrogen and oxygen atoms in total. The second-order valence-corrected chi connectivity index (χ2v) is 2.75. The number of hydrogen-bond acceptors (Lipinski definition) is 2. The summed E-state index contributed by atoms with van der Waals surface area (Å²) in [6.45, 7) is 7.60. The molecule has 0 amide bonds. The lowest BCUT2D eigenvalue weighted by Gasteiger charge is -2.08. The summed E-state index contributed by atoms with van der Waals surface area (Å²) < 4.78 is 1.91. The van der Waals surface area contributed by atoms with Crippen LogP contribution in [0.25, 0.3) is 0 Å². The quantitative estimate of drug-likeness (QED) is 0.661. The van der Waals surface area contributed by atoms with Crippen molar-refractivity contribution in [2.75, 3.05) is 6.54 Å². The van der Waals surface area contributed by atoms with E-state index in [0.29, 0.717) is 6.04 Å². The Kier molecular flexibility index (Phi) is 3.54. The fourth-order valence-electron chi connectivity index (χ4n) is 0.923. The Morgan fingerprint density at radius 1 is 1.75 bits per heavy atom. The molecule has 0 fully saturated rings. The van der Waals surface area contributed by atoms with E-state index in [1.807, 2.05) is 23.0 Å². The minimum Gasteiger partial charge on any atom is -0.309 e. The van der Waals surface area contributed by atoms with Crippen LogP contribution in [0.3, 0.4) is 0 Å². The van der Waals surface area contributed by atoms with Crippen LogP contribution in [0.2, 0.25) is 0 Å². The molecule has 3 heteroatoms. The van der Waals surface area contributed by atoms with Crippen molar-refractivity contribution in [1.29, 1.82) is 0 Å². The van der Waals surface area contributed by atoms with Crippen molar-refractivity contribution < 1.29 is 0 Å². The zero-order valence-electron chi connectivity index (χ0n) is 7.40. The molecule has 0 radical (unpaired) electrons. The molecule has 0 aromatic carbocycles. The van der Waals surface area contributed by atoms with Crippen molar-refractivity contribution in [3.63, 3.8) is 0 Å².